The van der Waals surface area contributed by atoms with Crippen molar-refractivity contribution in [2.45, 2.75) is 5.03 Å². The maximum atomic E-state index is 12.9. The summed E-state index contributed by atoms with van der Waals surface area (Å²) in [6, 6.07) is 18.7. The predicted octanol–water partition coefficient (Wildman–Crippen LogP) is 5.66. The molecule has 2 aromatic carbocycles. The van der Waals surface area contributed by atoms with Gasteiger partial charge in [-0.15, -0.1) is 11.3 Å². The summed E-state index contributed by atoms with van der Waals surface area (Å²) in [5, 5.41) is 4.42. The van der Waals surface area contributed by atoms with Gasteiger partial charge in [0.05, 0.1) is 21.2 Å². The van der Waals surface area contributed by atoms with Gasteiger partial charge in [-0.05, 0) is 53.9 Å². The lowest BCUT2D eigenvalue weighted by Gasteiger charge is -2.05. The zero-order chi connectivity index (χ0) is 20.2. The number of Topliss-reactive ketones (excluding diaryl/α,β-unsaturated/α-hetero) is 1. The molecule has 4 nitrogen and oxygen atoms in total. The number of nitrogens with one attached hydrogen (secondary N) is 1. The van der Waals surface area contributed by atoms with Gasteiger partial charge >= 0.3 is 0 Å². The molecule has 0 radical (unpaired) electrons. The van der Waals surface area contributed by atoms with Gasteiger partial charge in [0.2, 0.25) is 0 Å². The van der Waals surface area contributed by atoms with E-state index in [0.717, 1.165) is 15.0 Å². The first-order valence-electron chi connectivity index (χ1n) is 8.76. The van der Waals surface area contributed by atoms with Gasteiger partial charge in [-0.3, -0.25) is 9.59 Å². The van der Waals surface area contributed by atoms with Crippen LogP contribution in [0.15, 0.2) is 78.0 Å². The highest BCUT2D eigenvalue weighted by Gasteiger charge is 2.12. The molecular formula is C22H15FN2O2S2. The lowest BCUT2D eigenvalue weighted by atomic mass is 10.2. The van der Waals surface area contributed by atoms with E-state index in [1.54, 1.807) is 12.1 Å². The second kappa shape index (κ2) is 8.55. The Hall–Kier alpha value is -3.03. The van der Waals surface area contributed by atoms with Crippen LogP contribution in [0.5, 0.6) is 0 Å². The highest BCUT2D eigenvalue weighted by molar-refractivity contribution is 8.00. The Morgan fingerprint density at radius 3 is 2.55 bits per heavy atom. The van der Waals surface area contributed by atoms with Crippen molar-refractivity contribution < 1.29 is 14.0 Å². The number of nitrogens with zero attached hydrogens (tertiary/aromatic N) is 1. The van der Waals surface area contributed by atoms with E-state index in [0.29, 0.717) is 16.3 Å². The molecule has 1 N–H and O–H groups in total. The number of anilines is 1. The van der Waals surface area contributed by atoms with Crippen LogP contribution in [0.1, 0.15) is 20.0 Å². The molecule has 0 saturated carbocycles. The molecule has 0 fully saturated rings. The second-order valence-electron chi connectivity index (χ2n) is 6.21. The van der Waals surface area contributed by atoms with Crippen molar-refractivity contribution in [3.63, 3.8) is 0 Å². The lowest BCUT2D eigenvalue weighted by Crippen LogP contribution is -2.12. The van der Waals surface area contributed by atoms with Gasteiger partial charge < -0.3 is 5.32 Å². The van der Waals surface area contributed by atoms with Crippen LogP contribution in [0.2, 0.25) is 0 Å². The zero-order valence-corrected chi connectivity index (χ0v) is 16.7. The van der Waals surface area contributed by atoms with Gasteiger partial charge in [-0.2, -0.15) is 0 Å². The van der Waals surface area contributed by atoms with Gasteiger partial charge in [0, 0.05) is 16.6 Å². The van der Waals surface area contributed by atoms with Crippen LogP contribution in [0, 0.1) is 5.82 Å². The van der Waals surface area contributed by atoms with Crippen molar-refractivity contribution in [2.24, 2.45) is 0 Å². The normalized spacial score (nSPS) is 10.8. The minimum atomic E-state index is -0.365. The van der Waals surface area contributed by atoms with Gasteiger partial charge in [-0.1, -0.05) is 30.0 Å². The zero-order valence-electron chi connectivity index (χ0n) is 15.1. The van der Waals surface area contributed by atoms with Crippen LogP contribution in [0.4, 0.5) is 10.1 Å². The Balaban J connectivity index is 1.35. The Morgan fingerprint density at radius 1 is 1.03 bits per heavy atom. The van der Waals surface area contributed by atoms with Gasteiger partial charge in [0.25, 0.3) is 5.91 Å². The van der Waals surface area contributed by atoms with Crippen molar-refractivity contribution >= 4 is 50.6 Å². The predicted molar refractivity (Wildman–Crippen MR) is 115 cm³/mol. The first-order chi connectivity index (χ1) is 14.1. The fourth-order valence-corrected chi connectivity index (χ4v) is 4.48. The number of pyridine rings is 1. The van der Waals surface area contributed by atoms with Gasteiger partial charge in [0.1, 0.15) is 5.82 Å². The maximum Gasteiger partial charge on any atom is 0.257 e. The summed E-state index contributed by atoms with van der Waals surface area (Å²) in [4.78, 5) is 29.7. The summed E-state index contributed by atoms with van der Waals surface area (Å²) in [5.41, 5.74) is 0.887. The highest BCUT2D eigenvalue weighted by Crippen LogP contribution is 2.27. The third kappa shape index (κ3) is 4.70. The smallest absolute Gasteiger partial charge is 0.257 e. The molecule has 7 heteroatoms. The van der Waals surface area contributed by atoms with Crippen molar-refractivity contribution in [1.82, 2.24) is 4.98 Å². The van der Waals surface area contributed by atoms with E-state index in [4.69, 9.17) is 0 Å². The van der Waals surface area contributed by atoms with Crippen LogP contribution < -0.4 is 5.32 Å². The van der Waals surface area contributed by atoms with E-state index in [1.807, 2.05) is 30.3 Å². The molecule has 4 rings (SSSR count). The fourth-order valence-electron chi connectivity index (χ4n) is 2.67. The second-order valence-corrected chi connectivity index (χ2v) is 8.29. The molecule has 0 unspecified atom stereocenters. The molecule has 29 heavy (non-hydrogen) atoms. The number of carbonyl (C=O) groups is 2. The van der Waals surface area contributed by atoms with Crippen LogP contribution in [-0.4, -0.2) is 22.4 Å². The van der Waals surface area contributed by atoms with Crippen LogP contribution in [-0.2, 0) is 0 Å². The topological polar surface area (TPSA) is 59.1 Å². The number of amides is 1. The molecule has 2 aromatic heterocycles. The van der Waals surface area contributed by atoms with Crippen molar-refractivity contribution in [3.05, 3.63) is 89.2 Å². The number of thiophene rings is 1. The standard InChI is InChI=1S/C22H15FN2O2S2/c23-16-6-8-17(9-7-16)25-22(27)15-5-10-21(24-12-15)28-13-18(26)20-11-14-3-1-2-4-19(14)29-20/h1-12H,13H2,(H,25,27). The number of hydrogen-bond donors (Lipinski definition) is 1. The summed E-state index contributed by atoms with van der Waals surface area (Å²) in [5.74, 6) is -0.365. The molecule has 144 valence electrons. The van der Waals surface area contributed by atoms with E-state index in [9.17, 15) is 14.0 Å². The number of thioether (sulfide) groups is 1. The van der Waals surface area contributed by atoms with Crippen molar-refractivity contribution in [1.29, 1.82) is 0 Å². The monoisotopic (exact) mass is 422 g/mol. The molecule has 0 aliphatic heterocycles. The van der Waals surface area contributed by atoms with E-state index < -0.39 is 0 Å². The van der Waals surface area contributed by atoms with Crippen LogP contribution in [0.3, 0.4) is 0 Å². The number of fused-ring (bicyclic) bond motifs is 1. The summed E-state index contributed by atoms with van der Waals surface area (Å²) in [6.45, 7) is 0. The van der Waals surface area contributed by atoms with Crippen LogP contribution >= 0.6 is 23.1 Å². The number of benzene rings is 2. The third-order valence-electron chi connectivity index (χ3n) is 4.15. The Kier molecular flexibility index (Phi) is 5.69. The number of aromatic nitrogens is 1. The first-order valence-corrected chi connectivity index (χ1v) is 10.6. The SMILES string of the molecule is O=C(Nc1ccc(F)cc1)c1ccc(SCC(=O)c2cc3ccccc3s2)nc1. The van der Waals surface area contributed by atoms with E-state index >= 15 is 0 Å². The van der Waals surface area contributed by atoms with Crippen LogP contribution in [0.25, 0.3) is 10.1 Å². The minimum absolute atomic E-state index is 0.0520. The molecule has 0 aliphatic carbocycles. The first kappa shape index (κ1) is 19.3. The lowest BCUT2D eigenvalue weighted by molar-refractivity contribution is 0.101. The summed E-state index contributed by atoms with van der Waals surface area (Å²) in [7, 11) is 0. The molecule has 4 aromatic rings. The molecule has 0 atom stereocenters. The van der Waals surface area contributed by atoms with Crippen molar-refractivity contribution in [2.75, 3.05) is 11.1 Å². The maximum absolute atomic E-state index is 12.9. The number of ketones is 1. The number of halogens is 1. The summed E-state index contributed by atoms with van der Waals surface area (Å²) in [6.07, 6.45) is 1.46. The minimum Gasteiger partial charge on any atom is -0.322 e. The molecule has 0 spiro atoms. The molecule has 0 bridgehead atoms. The van der Waals surface area contributed by atoms with E-state index in [2.05, 4.69) is 10.3 Å². The number of rotatable bonds is 6. The van der Waals surface area contributed by atoms with Crippen molar-refractivity contribution in [3.8, 4) is 0 Å². The molecule has 0 aliphatic rings. The summed E-state index contributed by atoms with van der Waals surface area (Å²) < 4.78 is 14.0. The van der Waals surface area contributed by atoms with E-state index in [-0.39, 0.29) is 23.3 Å². The average Bonchev–Trinajstić information content (AvgIpc) is 3.18. The molecule has 1 amide bonds. The average molecular weight is 423 g/mol. The van der Waals surface area contributed by atoms with E-state index in [1.165, 1.54) is 53.6 Å². The number of carbonyl (C=O) groups excluding carboxylic acids is 2. The van der Waals surface area contributed by atoms with Gasteiger partial charge in [-0.25, -0.2) is 9.37 Å². The fraction of sp³-hybridized carbons (Fsp3) is 0.0455. The molecular weight excluding hydrogens is 407 g/mol. The highest BCUT2D eigenvalue weighted by atomic mass is 32.2. The Bertz CT molecular complexity index is 1140. The molecule has 0 saturated heterocycles. The quantitative estimate of drug-likeness (QED) is 0.322. The summed E-state index contributed by atoms with van der Waals surface area (Å²) >= 11 is 2.82. The number of hydrogen-bond acceptors (Lipinski definition) is 5. The largest absolute Gasteiger partial charge is 0.322 e. The Morgan fingerprint density at radius 2 is 1.83 bits per heavy atom. The molecule has 2 heterocycles. The van der Waals surface area contributed by atoms with Gasteiger partial charge in [0.15, 0.2) is 5.78 Å². The Labute approximate surface area is 174 Å². The third-order valence-corrected chi connectivity index (χ3v) is 6.25.